The van der Waals surface area contributed by atoms with Crippen molar-refractivity contribution in [1.82, 2.24) is 9.97 Å². The van der Waals surface area contributed by atoms with Gasteiger partial charge in [-0.3, -0.25) is 4.79 Å². The Morgan fingerprint density at radius 3 is 2.32 bits per heavy atom. The van der Waals surface area contributed by atoms with Gasteiger partial charge in [0.2, 0.25) is 0 Å². The number of rotatable bonds is 7. The number of nitrogens with one attached hydrogen (secondary N) is 2. The molecule has 7 nitrogen and oxygen atoms in total. The summed E-state index contributed by atoms with van der Waals surface area (Å²) in [6.07, 6.45) is 0. The van der Waals surface area contributed by atoms with Gasteiger partial charge in [-0.25, -0.2) is 4.98 Å². The first-order valence-electron chi connectivity index (χ1n) is 10.0. The molecule has 0 bridgehead atoms. The van der Waals surface area contributed by atoms with E-state index < -0.39 is 0 Å². The summed E-state index contributed by atoms with van der Waals surface area (Å²) in [5.41, 5.74) is 1.61. The van der Waals surface area contributed by atoms with E-state index in [0.29, 0.717) is 34.8 Å². The molecule has 1 unspecified atom stereocenters. The molecule has 0 aliphatic rings. The number of methoxy groups -OCH3 is 3. The second-order valence-corrected chi connectivity index (χ2v) is 7.60. The van der Waals surface area contributed by atoms with Crippen LogP contribution in [0, 0.1) is 0 Å². The van der Waals surface area contributed by atoms with E-state index >= 15 is 0 Å². The van der Waals surface area contributed by atoms with Gasteiger partial charge in [-0.2, -0.15) is 0 Å². The van der Waals surface area contributed by atoms with Crippen LogP contribution < -0.4 is 24.7 Å². The molecule has 0 aliphatic heterocycles. The van der Waals surface area contributed by atoms with Crippen LogP contribution in [0.5, 0.6) is 17.2 Å². The molecule has 0 fully saturated rings. The molecule has 160 valence electrons. The fourth-order valence-electron chi connectivity index (χ4n) is 3.81. The van der Waals surface area contributed by atoms with Crippen LogP contribution >= 0.6 is 0 Å². The summed E-state index contributed by atoms with van der Waals surface area (Å²) >= 11 is 0. The summed E-state index contributed by atoms with van der Waals surface area (Å²) in [7, 11) is 6.86. The van der Waals surface area contributed by atoms with Crippen LogP contribution in [0.2, 0.25) is 0 Å². The summed E-state index contributed by atoms with van der Waals surface area (Å²) < 4.78 is 15.9. The van der Waals surface area contributed by atoms with Crippen LogP contribution in [0.15, 0.2) is 53.3 Å². The van der Waals surface area contributed by atoms with Crippen molar-refractivity contribution in [2.75, 3.05) is 28.4 Å². The van der Waals surface area contributed by atoms with Crippen molar-refractivity contribution in [1.29, 1.82) is 0 Å². The Labute approximate surface area is 180 Å². The molecule has 1 heterocycles. The predicted molar refractivity (Wildman–Crippen MR) is 120 cm³/mol. The van der Waals surface area contributed by atoms with Crippen molar-refractivity contribution < 1.29 is 19.1 Å². The minimum atomic E-state index is -0.187. The lowest BCUT2D eigenvalue weighted by Gasteiger charge is -2.15. The average molecular weight is 420 g/mol. The largest absolute Gasteiger partial charge is 0.497 e. The van der Waals surface area contributed by atoms with Crippen LogP contribution in [0.1, 0.15) is 11.4 Å². The second-order valence-electron chi connectivity index (χ2n) is 7.60. The first-order valence-corrected chi connectivity index (χ1v) is 10.0. The second kappa shape index (κ2) is 8.65. The van der Waals surface area contributed by atoms with E-state index in [1.807, 2.05) is 12.1 Å². The highest BCUT2D eigenvalue weighted by Crippen LogP contribution is 2.29. The molecule has 0 spiro atoms. The molecule has 0 saturated heterocycles. The number of hydrogen-bond acceptors (Lipinski definition) is 5. The normalized spacial score (nSPS) is 12.1. The Hall–Kier alpha value is -3.58. The summed E-state index contributed by atoms with van der Waals surface area (Å²) in [6.45, 7) is 1.38. The highest BCUT2D eigenvalue weighted by Gasteiger charge is 2.13. The molecule has 4 rings (SSSR count). The number of hydrogen-bond donors (Lipinski definition) is 2. The third-order valence-electron chi connectivity index (χ3n) is 5.35. The number of fused-ring (bicyclic) bond motifs is 2. The zero-order valence-corrected chi connectivity index (χ0v) is 18.1. The van der Waals surface area contributed by atoms with Gasteiger partial charge in [0.15, 0.2) is 17.3 Å². The molecule has 7 heteroatoms. The number of aromatic amines is 1. The Bertz CT molecular complexity index is 1300. The van der Waals surface area contributed by atoms with E-state index in [4.69, 9.17) is 14.2 Å². The Kier molecular flexibility index (Phi) is 5.77. The van der Waals surface area contributed by atoms with Crippen molar-refractivity contribution >= 4 is 21.7 Å². The van der Waals surface area contributed by atoms with E-state index in [-0.39, 0.29) is 5.56 Å². The van der Waals surface area contributed by atoms with E-state index in [0.717, 1.165) is 17.7 Å². The van der Waals surface area contributed by atoms with Gasteiger partial charge in [-0.05, 0) is 35.0 Å². The molecule has 1 atom stereocenters. The molecule has 31 heavy (non-hydrogen) atoms. The lowest BCUT2D eigenvalue weighted by atomic mass is 10.1. The van der Waals surface area contributed by atoms with Gasteiger partial charge in [-0.1, -0.05) is 18.2 Å². The van der Waals surface area contributed by atoms with Crippen molar-refractivity contribution in [3.63, 3.8) is 0 Å². The molecule has 0 radical (unpaired) electrons. The van der Waals surface area contributed by atoms with Crippen molar-refractivity contribution in [2.45, 2.75) is 13.1 Å². The summed E-state index contributed by atoms with van der Waals surface area (Å²) in [5.74, 6) is 2.54. The SMILES string of the molecule is COc1ccc2cc(C[NH+](C)Cc3nc4cc(OC)c(OC)cc4c(=O)[nH]3)ccc2c1. The number of quaternary nitrogens is 1. The van der Waals surface area contributed by atoms with Gasteiger partial charge >= 0.3 is 0 Å². The first kappa shape index (κ1) is 20.7. The van der Waals surface area contributed by atoms with Gasteiger partial charge in [-0.15, -0.1) is 0 Å². The van der Waals surface area contributed by atoms with Crippen molar-refractivity contribution in [3.8, 4) is 17.2 Å². The number of H-pyrrole nitrogens is 1. The molecule has 3 aromatic carbocycles. The van der Waals surface area contributed by atoms with Crippen molar-refractivity contribution in [2.24, 2.45) is 0 Å². The number of benzene rings is 3. The van der Waals surface area contributed by atoms with E-state index in [1.54, 1.807) is 33.5 Å². The van der Waals surface area contributed by atoms with Gasteiger partial charge in [0.05, 0.1) is 39.3 Å². The average Bonchev–Trinajstić information content (AvgIpc) is 2.77. The van der Waals surface area contributed by atoms with E-state index in [1.165, 1.54) is 15.8 Å². The van der Waals surface area contributed by atoms with Crippen LogP contribution in [0.4, 0.5) is 0 Å². The van der Waals surface area contributed by atoms with E-state index in [9.17, 15) is 4.79 Å². The summed E-state index contributed by atoms with van der Waals surface area (Å²) in [4.78, 5) is 21.3. The number of nitrogens with zero attached hydrogens (tertiary/aromatic N) is 1. The first-order chi connectivity index (χ1) is 15.0. The third kappa shape index (κ3) is 4.32. The maximum Gasteiger partial charge on any atom is 0.259 e. The molecule has 1 aromatic heterocycles. The molecule has 0 aliphatic carbocycles. The molecule has 0 saturated carbocycles. The van der Waals surface area contributed by atoms with Crippen LogP contribution in [-0.2, 0) is 13.1 Å². The van der Waals surface area contributed by atoms with Crippen LogP contribution in [0.3, 0.4) is 0 Å². The minimum Gasteiger partial charge on any atom is -0.497 e. The Morgan fingerprint density at radius 1 is 0.871 bits per heavy atom. The molecule has 2 N–H and O–H groups in total. The summed E-state index contributed by atoms with van der Waals surface area (Å²) in [6, 6.07) is 15.9. The van der Waals surface area contributed by atoms with E-state index in [2.05, 4.69) is 41.3 Å². The summed E-state index contributed by atoms with van der Waals surface area (Å²) in [5, 5.41) is 2.79. The molecule has 4 aromatic rings. The zero-order valence-electron chi connectivity index (χ0n) is 18.1. The topological polar surface area (TPSA) is 77.9 Å². The standard InChI is InChI=1S/C24H25N3O4/c1-27(13-15-5-6-17-10-18(29-2)8-7-16(17)9-15)14-23-25-20-12-22(31-4)21(30-3)11-19(20)24(28)26-23/h5-12H,13-14H2,1-4H3,(H,25,26,28)/p+1. The fourth-order valence-corrected chi connectivity index (χ4v) is 3.81. The zero-order chi connectivity index (χ0) is 22.0. The van der Waals surface area contributed by atoms with Crippen molar-refractivity contribution in [3.05, 3.63) is 70.3 Å². The fraction of sp³-hybridized carbons (Fsp3) is 0.250. The lowest BCUT2D eigenvalue weighted by Crippen LogP contribution is -3.06. The highest BCUT2D eigenvalue weighted by atomic mass is 16.5. The van der Waals surface area contributed by atoms with Crippen LogP contribution in [-0.4, -0.2) is 38.3 Å². The quantitative estimate of drug-likeness (QED) is 0.480. The number of aromatic nitrogens is 2. The monoisotopic (exact) mass is 420 g/mol. The predicted octanol–water partition coefficient (Wildman–Crippen LogP) is 2.32. The van der Waals surface area contributed by atoms with Gasteiger partial charge < -0.3 is 24.1 Å². The maximum absolute atomic E-state index is 12.6. The van der Waals surface area contributed by atoms with Crippen LogP contribution in [0.25, 0.3) is 21.7 Å². The minimum absolute atomic E-state index is 0.187. The maximum atomic E-state index is 12.6. The van der Waals surface area contributed by atoms with Gasteiger partial charge in [0.1, 0.15) is 18.8 Å². The van der Waals surface area contributed by atoms with Gasteiger partial charge in [0, 0.05) is 11.6 Å². The Balaban J connectivity index is 1.55. The smallest absolute Gasteiger partial charge is 0.259 e. The third-order valence-corrected chi connectivity index (χ3v) is 5.35. The molecule has 0 amide bonds. The lowest BCUT2D eigenvalue weighted by molar-refractivity contribution is -0.908. The molecular formula is C24H26N3O4+. The molecular weight excluding hydrogens is 394 g/mol. The number of ether oxygens (including phenoxy) is 3. The van der Waals surface area contributed by atoms with Gasteiger partial charge in [0.25, 0.3) is 5.56 Å². The highest BCUT2D eigenvalue weighted by molar-refractivity contribution is 5.84. The Morgan fingerprint density at radius 2 is 1.58 bits per heavy atom.